The first kappa shape index (κ1) is 22.0. The predicted molar refractivity (Wildman–Crippen MR) is 84.1 cm³/mol. The summed E-state index contributed by atoms with van der Waals surface area (Å²) in [5.74, 6) is -0.455. The first-order valence-corrected chi connectivity index (χ1v) is 6.73. The summed E-state index contributed by atoms with van der Waals surface area (Å²) >= 11 is 0. The van der Waals surface area contributed by atoms with E-state index in [1.807, 2.05) is 0 Å². The lowest BCUT2D eigenvalue weighted by Gasteiger charge is -2.35. The van der Waals surface area contributed by atoms with Crippen LogP contribution in [0.4, 0.5) is 13.2 Å². The average Bonchev–Trinajstić information content (AvgIpc) is 2.91. The number of piperazine rings is 1. The molecule has 1 aliphatic rings. The van der Waals surface area contributed by atoms with E-state index in [-0.39, 0.29) is 31.2 Å². The number of carbonyl (C=O) groups excluding carboxylic acids is 1. The van der Waals surface area contributed by atoms with Crippen molar-refractivity contribution >= 4 is 30.7 Å². The maximum atomic E-state index is 13.1. The highest BCUT2D eigenvalue weighted by Crippen LogP contribution is 2.24. The van der Waals surface area contributed by atoms with E-state index in [9.17, 15) is 18.0 Å². The van der Waals surface area contributed by atoms with Gasteiger partial charge in [-0.1, -0.05) is 0 Å². The molecule has 1 aliphatic heterocycles. The summed E-state index contributed by atoms with van der Waals surface area (Å²) in [6.07, 6.45) is -2.88. The highest BCUT2D eigenvalue weighted by atomic mass is 35.5. The highest BCUT2D eigenvalue weighted by molar-refractivity contribution is 5.85. The van der Waals surface area contributed by atoms with E-state index in [0.29, 0.717) is 31.9 Å². The van der Waals surface area contributed by atoms with Crippen LogP contribution in [-0.2, 0) is 11.2 Å². The van der Waals surface area contributed by atoms with Crippen molar-refractivity contribution < 1.29 is 18.0 Å². The topological polar surface area (TPSA) is 73.0 Å². The number of nitrogens with one attached hydrogen (secondary N) is 3. The van der Waals surface area contributed by atoms with Crippen LogP contribution in [0.2, 0.25) is 0 Å². The number of amides is 1. The molecule has 0 aliphatic carbocycles. The van der Waals surface area contributed by atoms with Gasteiger partial charge in [0, 0.05) is 44.6 Å². The molecule has 0 saturated carbocycles. The number of hydrogen-bond acceptors (Lipinski definition) is 4. The molecule has 1 fully saturated rings. The summed E-state index contributed by atoms with van der Waals surface area (Å²) in [6.45, 7) is 1.25. The summed E-state index contributed by atoms with van der Waals surface area (Å²) < 4.78 is 39.3. The summed E-state index contributed by atoms with van der Waals surface area (Å²) in [4.78, 5) is 13.0. The third-order valence-corrected chi connectivity index (χ3v) is 3.37. The number of alkyl halides is 3. The molecule has 1 aromatic rings. The summed E-state index contributed by atoms with van der Waals surface area (Å²) in [6, 6.07) is -0.0396. The number of nitrogens with zero attached hydrogens (tertiary/aromatic N) is 2. The Morgan fingerprint density at radius 2 is 2.00 bits per heavy atom. The van der Waals surface area contributed by atoms with Crippen LogP contribution in [0, 0.1) is 0 Å². The molecule has 0 spiro atoms. The van der Waals surface area contributed by atoms with Crippen molar-refractivity contribution in [2.24, 2.45) is 0 Å². The van der Waals surface area contributed by atoms with Gasteiger partial charge in [-0.05, 0) is 6.07 Å². The fourth-order valence-electron chi connectivity index (χ4n) is 2.27. The first-order valence-electron chi connectivity index (χ1n) is 6.73. The molecule has 134 valence electrons. The Morgan fingerprint density at radius 1 is 1.35 bits per heavy atom. The lowest BCUT2D eigenvalue weighted by atomic mass is 10.2. The third kappa shape index (κ3) is 6.94. The van der Waals surface area contributed by atoms with Gasteiger partial charge in [0.25, 0.3) is 0 Å². The van der Waals surface area contributed by atoms with E-state index in [4.69, 9.17) is 0 Å². The Hall–Kier alpha value is -1.03. The summed E-state index contributed by atoms with van der Waals surface area (Å²) in [7, 11) is 0. The van der Waals surface area contributed by atoms with Crippen LogP contribution >= 0.6 is 24.8 Å². The minimum atomic E-state index is -4.36. The maximum Gasteiger partial charge on any atom is 0.405 e. The molecule has 0 radical (unpaired) electrons. The van der Waals surface area contributed by atoms with E-state index in [2.05, 4.69) is 20.8 Å². The van der Waals surface area contributed by atoms with Gasteiger partial charge in [-0.25, -0.2) is 0 Å². The molecule has 6 nitrogen and oxygen atoms in total. The Morgan fingerprint density at radius 3 is 2.52 bits per heavy atom. The van der Waals surface area contributed by atoms with E-state index in [1.165, 1.54) is 11.1 Å². The molecule has 3 N–H and O–H groups in total. The molecule has 1 saturated heterocycles. The number of halogens is 5. The zero-order chi connectivity index (χ0) is 15.3. The maximum absolute atomic E-state index is 13.1. The van der Waals surface area contributed by atoms with Crippen LogP contribution in [0.1, 0.15) is 5.69 Å². The van der Waals surface area contributed by atoms with Gasteiger partial charge in [-0.3, -0.25) is 14.8 Å². The SMILES string of the molecule is Cl.Cl.O=C(Cc1ccn[nH]1)NCC(N1CCNCC1)C(F)(F)F. The second-order valence-electron chi connectivity index (χ2n) is 4.91. The van der Waals surface area contributed by atoms with E-state index in [0.717, 1.165) is 0 Å². The minimum absolute atomic E-state index is 0. The van der Waals surface area contributed by atoms with Gasteiger partial charge >= 0.3 is 6.18 Å². The highest BCUT2D eigenvalue weighted by Gasteiger charge is 2.43. The van der Waals surface area contributed by atoms with Crippen molar-refractivity contribution in [2.75, 3.05) is 32.7 Å². The van der Waals surface area contributed by atoms with Gasteiger partial charge in [0.1, 0.15) is 6.04 Å². The number of aromatic amines is 1. The van der Waals surface area contributed by atoms with Gasteiger partial charge < -0.3 is 10.6 Å². The zero-order valence-corrected chi connectivity index (χ0v) is 13.9. The molecule has 2 heterocycles. The van der Waals surface area contributed by atoms with E-state index in [1.54, 1.807) is 6.07 Å². The number of hydrogen-bond donors (Lipinski definition) is 3. The van der Waals surface area contributed by atoms with Gasteiger partial charge in [-0.15, -0.1) is 24.8 Å². The molecule has 2 rings (SSSR count). The van der Waals surface area contributed by atoms with Crippen LogP contribution in [0.25, 0.3) is 0 Å². The largest absolute Gasteiger partial charge is 0.405 e. The fourth-order valence-corrected chi connectivity index (χ4v) is 2.27. The molecular formula is C12H20Cl2F3N5O. The average molecular weight is 378 g/mol. The van der Waals surface area contributed by atoms with Crippen LogP contribution in [0.15, 0.2) is 12.3 Å². The molecular weight excluding hydrogens is 358 g/mol. The number of H-pyrrole nitrogens is 1. The summed E-state index contributed by atoms with van der Waals surface area (Å²) in [5.41, 5.74) is 0.568. The minimum Gasteiger partial charge on any atom is -0.354 e. The number of carbonyl (C=O) groups is 1. The molecule has 1 unspecified atom stereocenters. The fraction of sp³-hybridized carbons (Fsp3) is 0.667. The lowest BCUT2D eigenvalue weighted by Crippen LogP contribution is -2.57. The lowest BCUT2D eigenvalue weighted by molar-refractivity contribution is -0.184. The second kappa shape index (κ2) is 9.96. The normalized spacial score (nSPS) is 16.8. The second-order valence-corrected chi connectivity index (χ2v) is 4.91. The van der Waals surface area contributed by atoms with Gasteiger partial charge in [0.2, 0.25) is 5.91 Å². The van der Waals surface area contributed by atoms with Gasteiger partial charge in [0.05, 0.1) is 6.42 Å². The smallest absolute Gasteiger partial charge is 0.354 e. The van der Waals surface area contributed by atoms with Gasteiger partial charge in [0.15, 0.2) is 0 Å². The number of rotatable bonds is 5. The molecule has 23 heavy (non-hydrogen) atoms. The standard InChI is InChI=1S/C12H18F3N5O.2ClH/c13-12(14,15)10(20-5-3-16-4-6-20)8-17-11(21)7-9-1-2-18-19-9;;/h1-2,10,16H,3-8H2,(H,17,21)(H,18,19);2*1H. The van der Waals surface area contributed by atoms with Crippen LogP contribution in [0.3, 0.4) is 0 Å². The molecule has 1 amide bonds. The van der Waals surface area contributed by atoms with Crippen molar-refractivity contribution in [3.05, 3.63) is 18.0 Å². The van der Waals surface area contributed by atoms with Crippen molar-refractivity contribution in [1.29, 1.82) is 0 Å². The Kier molecular flexibility index (Phi) is 9.52. The van der Waals surface area contributed by atoms with Crippen molar-refractivity contribution in [3.63, 3.8) is 0 Å². The predicted octanol–water partition coefficient (Wildman–Crippen LogP) is 0.748. The van der Waals surface area contributed by atoms with Gasteiger partial charge in [-0.2, -0.15) is 18.3 Å². The van der Waals surface area contributed by atoms with Crippen LogP contribution in [0.5, 0.6) is 0 Å². The molecule has 0 aromatic carbocycles. The zero-order valence-electron chi connectivity index (χ0n) is 12.2. The monoisotopic (exact) mass is 377 g/mol. The van der Waals surface area contributed by atoms with E-state index < -0.39 is 24.7 Å². The van der Waals surface area contributed by atoms with Crippen LogP contribution in [-0.4, -0.2) is 65.9 Å². The Labute approximate surface area is 144 Å². The molecule has 1 aromatic heterocycles. The Balaban J connectivity index is 0.00000242. The van der Waals surface area contributed by atoms with Crippen molar-refractivity contribution in [3.8, 4) is 0 Å². The molecule has 1 atom stereocenters. The Bertz CT molecular complexity index is 452. The summed E-state index contributed by atoms with van der Waals surface area (Å²) in [5, 5.41) is 11.6. The first-order chi connectivity index (χ1) is 9.97. The number of aromatic nitrogens is 2. The molecule has 0 bridgehead atoms. The third-order valence-electron chi connectivity index (χ3n) is 3.37. The van der Waals surface area contributed by atoms with Crippen molar-refractivity contribution in [1.82, 2.24) is 25.7 Å². The quantitative estimate of drug-likeness (QED) is 0.707. The van der Waals surface area contributed by atoms with Crippen LogP contribution < -0.4 is 10.6 Å². The molecule has 11 heteroatoms. The van der Waals surface area contributed by atoms with Crippen molar-refractivity contribution in [2.45, 2.75) is 18.6 Å². The van der Waals surface area contributed by atoms with E-state index >= 15 is 0 Å².